The number of rotatable bonds is 7. The molecule has 1 aromatic rings. The van der Waals surface area contributed by atoms with Gasteiger partial charge in [-0.15, -0.1) is 0 Å². The number of hydrogen-bond acceptors (Lipinski definition) is 3. The molecule has 0 saturated heterocycles. The van der Waals surface area contributed by atoms with E-state index in [9.17, 15) is 14.3 Å². The number of benzene rings is 1. The van der Waals surface area contributed by atoms with E-state index in [4.69, 9.17) is 4.74 Å². The third-order valence-electron chi connectivity index (χ3n) is 3.26. The summed E-state index contributed by atoms with van der Waals surface area (Å²) in [6.07, 6.45) is -0.159. The Morgan fingerprint density at radius 2 is 2.00 bits per heavy atom. The second kappa shape index (κ2) is 7.36. The SMILES string of the molecule is COCC(O)CCNC(=O)C(C)(C)c1ccc(F)cc1. The molecule has 0 aliphatic carbocycles. The predicted molar refractivity (Wildman–Crippen MR) is 74.9 cm³/mol. The molecule has 0 aliphatic heterocycles. The van der Waals surface area contributed by atoms with Crippen LogP contribution < -0.4 is 5.32 Å². The van der Waals surface area contributed by atoms with Crippen LogP contribution in [0.15, 0.2) is 24.3 Å². The van der Waals surface area contributed by atoms with Crippen LogP contribution in [0.4, 0.5) is 4.39 Å². The van der Waals surface area contributed by atoms with Crippen LogP contribution in [0, 0.1) is 5.82 Å². The number of carbonyl (C=O) groups is 1. The summed E-state index contributed by atoms with van der Waals surface area (Å²) in [5.74, 6) is -0.485. The minimum atomic E-state index is -0.750. The summed E-state index contributed by atoms with van der Waals surface area (Å²) in [6.45, 7) is 4.17. The molecule has 1 rings (SSSR count). The van der Waals surface area contributed by atoms with Gasteiger partial charge in [-0.05, 0) is 38.0 Å². The number of halogens is 1. The first kappa shape index (κ1) is 16.6. The van der Waals surface area contributed by atoms with Gasteiger partial charge >= 0.3 is 0 Å². The molecule has 0 fully saturated rings. The Morgan fingerprint density at radius 1 is 1.40 bits per heavy atom. The topological polar surface area (TPSA) is 58.6 Å². The number of carbonyl (C=O) groups excluding carboxylic acids is 1. The van der Waals surface area contributed by atoms with Gasteiger partial charge in [-0.25, -0.2) is 4.39 Å². The van der Waals surface area contributed by atoms with E-state index in [0.29, 0.717) is 13.0 Å². The van der Waals surface area contributed by atoms with Gasteiger partial charge in [0, 0.05) is 13.7 Å². The number of amides is 1. The Bertz CT molecular complexity index is 431. The molecule has 0 radical (unpaired) electrons. The third-order valence-corrected chi connectivity index (χ3v) is 3.26. The fourth-order valence-corrected chi connectivity index (χ4v) is 1.85. The molecule has 0 bridgehead atoms. The van der Waals surface area contributed by atoms with Gasteiger partial charge in [0.15, 0.2) is 0 Å². The van der Waals surface area contributed by atoms with Gasteiger partial charge in [0.25, 0.3) is 0 Å². The second-order valence-corrected chi connectivity index (χ2v) is 5.29. The normalized spacial score (nSPS) is 13.1. The molecule has 2 N–H and O–H groups in total. The van der Waals surface area contributed by atoms with E-state index in [2.05, 4.69) is 5.32 Å². The van der Waals surface area contributed by atoms with Crippen LogP contribution >= 0.6 is 0 Å². The van der Waals surface area contributed by atoms with Crippen molar-refractivity contribution in [3.05, 3.63) is 35.6 Å². The smallest absolute Gasteiger partial charge is 0.230 e. The van der Waals surface area contributed by atoms with Crippen molar-refractivity contribution in [1.29, 1.82) is 0 Å². The van der Waals surface area contributed by atoms with E-state index >= 15 is 0 Å². The van der Waals surface area contributed by atoms with Crippen molar-refractivity contribution < 1.29 is 19.0 Å². The highest BCUT2D eigenvalue weighted by Crippen LogP contribution is 2.23. The summed E-state index contributed by atoms with van der Waals surface area (Å²) in [6, 6.07) is 5.89. The van der Waals surface area contributed by atoms with Gasteiger partial charge in [0.1, 0.15) is 5.82 Å². The lowest BCUT2D eigenvalue weighted by Crippen LogP contribution is -2.41. The van der Waals surface area contributed by atoms with Crippen molar-refractivity contribution >= 4 is 5.91 Å². The first-order chi connectivity index (χ1) is 9.37. The zero-order chi connectivity index (χ0) is 15.2. The minimum absolute atomic E-state index is 0.159. The summed E-state index contributed by atoms with van der Waals surface area (Å²) >= 11 is 0. The van der Waals surface area contributed by atoms with Crippen molar-refractivity contribution in [3.63, 3.8) is 0 Å². The Balaban J connectivity index is 2.55. The zero-order valence-corrected chi connectivity index (χ0v) is 12.1. The maximum absolute atomic E-state index is 12.9. The van der Waals surface area contributed by atoms with Crippen LogP contribution in [0.1, 0.15) is 25.8 Å². The quantitative estimate of drug-likeness (QED) is 0.799. The van der Waals surface area contributed by atoms with E-state index < -0.39 is 11.5 Å². The van der Waals surface area contributed by atoms with Crippen molar-refractivity contribution in [1.82, 2.24) is 5.32 Å². The fourth-order valence-electron chi connectivity index (χ4n) is 1.85. The van der Waals surface area contributed by atoms with Gasteiger partial charge < -0.3 is 15.2 Å². The molecule has 4 nitrogen and oxygen atoms in total. The van der Waals surface area contributed by atoms with Crippen molar-refractivity contribution in [2.75, 3.05) is 20.3 Å². The number of methoxy groups -OCH3 is 1. The highest BCUT2D eigenvalue weighted by Gasteiger charge is 2.29. The highest BCUT2D eigenvalue weighted by molar-refractivity contribution is 5.87. The van der Waals surface area contributed by atoms with E-state index in [1.54, 1.807) is 26.0 Å². The Morgan fingerprint density at radius 3 is 2.55 bits per heavy atom. The van der Waals surface area contributed by atoms with E-state index in [1.807, 2.05) is 0 Å². The molecule has 1 unspecified atom stereocenters. The van der Waals surface area contributed by atoms with E-state index in [-0.39, 0.29) is 18.3 Å². The first-order valence-electron chi connectivity index (χ1n) is 6.59. The Hall–Kier alpha value is -1.46. The van der Waals surface area contributed by atoms with Gasteiger partial charge in [-0.1, -0.05) is 12.1 Å². The number of ether oxygens (including phenoxy) is 1. The maximum atomic E-state index is 12.9. The van der Waals surface area contributed by atoms with Gasteiger partial charge in [-0.2, -0.15) is 0 Å². The lowest BCUT2D eigenvalue weighted by atomic mass is 9.83. The standard InChI is InChI=1S/C15H22FNO3/c1-15(2,11-4-6-12(16)7-5-11)14(19)17-9-8-13(18)10-20-3/h4-7,13,18H,8-10H2,1-3H3,(H,17,19). The van der Waals surface area contributed by atoms with Gasteiger partial charge in [0.2, 0.25) is 5.91 Å². The van der Waals surface area contributed by atoms with E-state index in [0.717, 1.165) is 5.56 Å². The molecule has 0 aliphatic rings. The molecule has 1 amide bonds. The van der Waals surface area contributed by atoms with Gasteiger partial charge in [0.05, 0.1) is 18.1 Å². The van der Waals surface area contributed by atoms with Gasteiger partial charge in [-0.3, -0.25) is 4.79 Å². The van der Waals surface area contributed by atoms with Crippen molar-refractivity contribution in [2.45, 2.75) is 31.8 Å². The zero-order valence-electron chi connectivity index (χ0n) is 12.1. The van der Waals surface area contributed by atoms with Crippen LogP contribution in [0.3, 0.4) is 0 Å². The summed E-state index contributed by atoms with van der Waals surface area (Å²) in [5, 5.41) is 12.3. The monoisotopic (exact) mass is 283 g/mol. The molecule has 0 spiro atoms. The van der Waals surface area contributed by atoms with Crippen LogP contribution in [-0.2, 0) is 14.9 Å². The summed E-state index contributed by atoms with van der Waals surface area (Å²) in [7, 11) is 1.51. The summed E-state index contributed by atoms with van der Waals surface area (Å²) in [4.78, 5) is 12.2. The Kier molecular flexibility index (Phi) is 6.10. The maximum Gasteiger partial charge on any atom is 0.230 e. The molecule has 5 heteroatoms. The first-order valence-corrected chi connectivity index (χ1v) is 6.59. The molecule has 112 valence electrons. The minimum Gasteiger partial charge on any atom is -0.391 e. The second-order valence-electron chi connectivity index (χ2n) is 5.29. The Labute approximate surface area is 119 Å². The lowest BCUT2D eigenvalue weighted by molar-refractivity contribution is -0.125. The number of aliphatic hydroxyl groups excluding tert-OH is 1. The number of hydrogen-bond donors (Lipinski definition) is 2. The number of aliphatic hydroxyl groups is 1. The van der Waals surface area contributed by atoms with Crippen LogP contribution in [0.25, 0.3) is 0 Å². The summed E-state index contributed by atoms with van der Waals surface area (Å²) in [5.41, 5.74) is -0.00579. The van der Waals surface area contributed by atoms with E-state index in [1.165, 1.54) is 19.2 Å². The average molecular weight is 283 g/mol. The molecule has 20 heavy (non-hydrogen) atoms. The fraction of sp³-hybridized carbons (Fsp3) is 0.533. The highest BCUT2D eigenvalue weighted by atomic mass is 19.1. The molecule has 0 saturated carbocycles. The molecule has 0 heterocycles. The average Bonchev–Trinajstić information content (AvgIpc) is 2.39. The molecular weight excluding hydrogens is 261 g/mol. The summed E-state index contributed by atoms with van der Waals surface area (Å²) < 4.78 is 17.7. The lowest BCUT2D eigenvalue weighted by Gasteiger charge is -2.24. The van der Waals surface area contributed by atoms with Crippen molar-refractivity contribution in [2.24, 2.45) is 0 Å². The van der Waals surface area contributed by atoms with Crippen LogP contribution in [-0.4, -0.2) is 37.4 Å². The predicted octanol–water partition coefficient (Wildman–Crippen LogP) is 1.62. The van der Waals surface area contributed by atoms with Crippen LogP contribution in [0.5, 0.6) is 0 Å². The molecular formula is C15H22FNO3. The number of nitrogens with one attached hydrogen (secondary N) is 1. The molecule has 0 aromatic heterocycles. The third kappa shape index (κ3) is 4.58. The molecule has 1 atom stereocenters. The van der Waals surface area contributed by atoms with Crippen LogP contribution in [0.2, 0.25) is 0 Å². The van der Waals surface area contributed by atoms with Crippen molar-refractivity contribution in [3.8, 4) is 0 Å². The molecule has 1 aromatic carbocycles. The largest absolute Gasteiger partial charge is 0.391 e.